The van der Waals surface area contributed by atoms with Crippen molar-refractivity contribution in [1.82, 2.24) is 10.6 Å². The number of rotatable bonds is 3. The predicted octanol–water partition coefficient (Wildman–Crippen LogP) is 2.22. The standard InChI is InChI=1S/C13H21F3N2O/c1-9(10-4-2-3-5-10)18-11(19)12(13(14,15)16)6-7-17-8-12/h9-10,17H,2-8H2,1H3,(H,18,19). The number of amides is 1. The van der Waals surface area contributed by atoms with E-state index in [1.807, 2.05) is 6.92 Å². The molecule has 0 aromatic heterocycles. The van der Waals surface area contributed by atoms with Crippen molar-refractivity contribution in [3.63, 3.8) is 0 Å². The lowest BCUT2D eigenvalue weighted by molar-refractivity contribution is -0.216. The van der Waals surface area contributed by atoms with Crippen LogP contribution in [0.15, 0.2) is 0 Å². The highest BCUT2D eigenvalue weighted by atomic mass is 19.4. The van der Waals surface area contributed by atoms with Crippen LogP contribution in [0.4, 0.5) is 13.2 Å². The van der Waals surface area contributed by atoms with E-state index in [0.717, 1.165) is 25.7 Å². The van der Waals surface area contributed by atoms with E-state index >= 15 is 0 Å². The molecule has 2 aliphatic rings. The second-order valence-corrected chi connectivity index (χ2v) is 5.81. The maximum absolute atomic E-state index is 13.2. The van der Waals surface area contributed by atoms with Gasteiger partial charge in [-0.1, -0.05) is 12.8 Å². The number of nitrogens with one attached hydrogen (secondary N) is 2. The number of carbonyl (C=O) groups is 1. The summed E-state index contributed by atoms with van der Waals surface area (Å²) in [4.78, 5) is 12.1. The Labute approximate surface area is 111 Å². The van der Waals surface area contributed by atoms with Crippen molar-refractivity contribution in [1.29, 1.82) is 0 Å². The van der Waals surface area contributed by atoms with Crippen molar-refractivity contribution < 1.29 is 18.0 Å². The molecule has 0 aromatic rings. The average molecular weight is 278 g/mol. The van der Waals surface area contributed by atoms with E-state index in [2.05, 4.69) is 10.6 Å². The van der Waals surface area contributed by atoms with Crippen LogP contribution in [0.5, 0.6) is 0 Å². The maximum Gasteiger partial charge on any atom is 0.404 e. The summed E-state index contributed by atoms with van der Waals surface area (Å²) in [5, 5.41) is 5.27. The van der Waals surface area contributed by atoms with Gasteiger partial charge < -0.3 is 10.6 Å². The van der Waals surface area contributed by atoms with Crippen molar-refractivity contribution in [2.75, 3.05) is 13.1 Å². The summed E-state index contributed by atoms with van der Waals surface area (Å²) in [6.45, 7) is 1.75. The van der Waals surface area contributed by atoms with Gasteiger partial charge in [-0.05, 0) is 38.6 Å². The Balaban J connectivity index is 2.04. The first-order valence-corrected chi connectivity index (χ1v) is 6.95. The largest absolute Gasteiger partial charge is 0.404 e. The fraction of sp³-hybridized carbons (Fsp3) is 0.923. The molecule has 0 bridgehead atoms. The van der Waals surface area contributed by atoms with E-state index in [4.69, 9.17) is 0 Å². The van der Waals surface area contributed by atoms with Crippen molar-refractivity contribution >= 4 is 5.91 Å². The van der Waals surface area contributed by atoms with Gasteiger partial charge in [-0.3, -0.25) is 4.79 Å². The van der Waals surface area contributed by atoms with Gasteiger partial charge in [0, 0.05) is 12.6 Å². The van der Waals surface area contributed by atoms with Crippen molar-refractivity contribution in [2.24, 2.45) is 11.3 Å². The molecule has 1 aliphatic carbocycles. The van der Waals surface area contributed by atoms with Crippen LogP contribution in [0.1, 0.15) is 39.0 Å². The summed E-state index contributed by atoms with van der Waals surface area (Å²) in [5.41, 5.74) is -2.24. The van der Waals surface area contributed by atoms with Gasteiger partial charge in [-0.15, -0.1) is 0 Å². The van der Waals surface area contributed by atoms with Crippen LogP contribution in [0, 0.1) is 11.3 Å². The zero-order valence-electron chi connectivity index (χ0n) is 11.1. The first-order valence-electron chi connectivity index (χ1n) is 6.95. The van der Waals surface area contributed by atoms with Crippen LogP contribution in [-0.2, 0) is 4.79 Å². The Morgan fingerprint density at radius 3 is 2.47 bits per heavy atom. The molecule has 0 spiro atoms. The van der Waals surface area contributed by atoms with E-state index in [-0.39, 0.29) is 25.6 Å². The first-order chi connectivity index (χ1) is 8.87. The molecule has 110 valence electrons. The van der Waals surface area contributed by atoms with E-state index < -0.39 is 17.5 Å². The highest BCUT2D eigenvalue weighted by Gasteiger charge is 2.61. The van der Waals surface area contributed by atoms with E-state index in [1.165, 1.54) is 0 Å². The van der Waals surface area contributed by atoms with Crippen molar-refractivity contribution in [3.8, 4) is 0 Å². The fourth-order valence-electron chi connectivity index (χ4n) is 3.18. The summed E-state index contributed by atoms with van der Waals surface area (Å²) in [7, 11) is 0. The minimum atomic E-state index is -4.49. The summed E-state index contributed by atoms with van der Waals surface area (Å²) in [5.74, 6) is -0.534. The molecule has 2 atom stereocenters. The Morgan fingerprint density at radius 1 is 1.37 bits per heavy atom. The Hall–Kier alpha value is -0.780. The monoisotopic (exact) mass is 278 g/mol. The summed E-state index contributed by atoms with van der Waals surface area (Å²) in [6, 6.07) is -0.171. The SMILES string of the molecule is CC(NC(=O)C1(C(F)(F)F)CCNC1)C1CCCC1. The molecule has 2 rings (SSSR count). The molecule has 1 amide bonds. The molecule has 2 N–H and O–H groups in total. The van der Waals surface area contributed by atoms with Crippen LogP contribution in [0.25, 0.3) is 0 Å². The molecule has 19 heavy (non-hydrogen) atoms. The van der Waals surface area contributed by atoms with Crippen LogP contribution in [0.3, 0.4) is 0 Å². The number of halogens is 3. The fourth-order valence-corrected chi connectivity index (χ4v) is 3.18. The zero-order valence-corrected chi connectivity index (χ0v) is 11.1. The Kier molecular flexibility index (Phi) is 4.08. The third-order valence-corrected chi connectivity index (χ3v) is 4.60. The normalized spacial score (nSPS) is 30.5. The molecule has 1 saturated carbocycles. The third-order valence-electron chi connectivity index (χ3n) is 4.60. The van der Waals surface area contributed by atoms with Gasteiger partial charge in [0.25, 0.3) is 0 Å². The van der Waals surface area contributed by atoms with Crippen LogP contribution in [0.2, 0.25) is 0 Å². The number of hydrogen-bond donors (Lipinski definition) is 2. The first kappa shape index (κ1) is 14.6. The highest BCUT2D eigenvalue weighted by Crippen LogP contribution is 2.43. The Bertz CT molecular complexity index is 331. The topological polar surface area (TPSA) is 41.1 Å². The van der Waals surface area contributed by atoms with Crippen LogP contribution >= 0.6 is 0 Å². The van der Waals surface area contributed by atoms with Gasteiger partial charge in [0.2, 0.25) is 5.91 Å². The second-order valence-electron chi connectivity index (χ2n) is 5.81. The molecule has 2 fully saturated rings. The zero-order chi connectivity index (χ0) is 14.1. The van der Waals surface area contributed by atoms with E-state index in [9.17, 15) is 18.0 Å². The quantitative estimate of drug-likeness (QED) is 0.831. The molecule has 1 saturated heterocycles. The number of alkyl halides is 3. The second kappa shape index (κ2) is 5.31. The lowest BCUT2D eigenvalue weighted by atomic mass is 9.84. The van der Waals surface area contributed by atoms with Gasteiger partial charge in [-0.2, -0.15) is 13.2 Å². The molecular weight excluding hydrogens is 257 g/mol. The maximum atomic E-state index is 13.2. The van der Waals surface area contributed by atoms with E-state index in [0.29, 0.717) is 5.92 Å². The van der Waals surface area contributed by atoms with E-state index in [1.54, 1.807) is 0 Å². The van der Waals surface area contributed by atoms with Crippen LogP contribution in [-0.4, -0.2) is 31.2 Å². The smallest absolute Gasteiger partial charge is 0.353 e. The third kappa shape index (κ3) is 2.73. The molecular formula is C13H21F3N2O. The molecule has 2 unspecified atom stereocenters. The lowest BCUT2D eigenvalue weighted by Gasteiger charge is -2.32. The molecule has 1 aliphatic heterocycles. The average Bonchev–Trinajstić information content (AvgIpc) is 3.00. The van der Waals surface area contributed by atoms with Gasteiger partial charge >= 0.3 is 6.18 Å². The molecule has 0 radical (unpaired) electrons. The minimum absolute atomic E-state index is 0.167. The lowest BCUT2D eigenvalue weighted by Crippen LogP contribution is -2.54. The molecule has 6 heteroatoms. The Morgan fingerprint density at radius 2 is 2.00 bits per heavy atom. The highest BCUT2D eigenvalue weighted by molar-refractivity contribution is 5.84. The number of carbonyl (C=O) groups excluding carboxylic acids is 1. The van der Waals surface area contributed by atoms with Gasteiger partial charge in [-0.25, -0.2) is 0 Å². The van der Waals surface area contributed by atoms with Crippen LogP contribution < -0.4 is 10.6 Å². The van der Waals surface area contributed by atoms with Crippen molar-refractivity contribution in [3.05, 3.63) is 0 Å². The van der Waals surface area contributed by atoms with Crippen molar-refractivity contribution in [2.45, 2.75) is 51.2 Å². The summed E-state index contributed by atoms with van der Waals surface area (Å²) in [6.07, 6.45) is -0.444. The predicted molar refractivity (Wildman–Crippen MR) is 65.5 cm³/mol. The molecule has 3 nitrogen and oxygen atoms in total. The molecule has 1 heterocycles. The van der Waals surface area contributed by atoms with Gasteiger partial charge in [0.15, 0.2) is 5.41 Å². The molecule has 0 aromatic carbocycles. The van der Waals surface area contributed by atoms with Gasteiger partial charge in [0.05, 0.1) is 0 Å². The summed E-state index contributed by atoms with van der Waals surface area (Å²) >= 11 is 0. The number of hydrogen-bond acceptors (Lipinski definition) is 2. The minimum Gasteiger partial charge on any atom is -0.353 e. The summed E-state index contributed by atoms with van der Waals surface area (Å²) < 4.78 is 39.6. The van der Waals surface area contributed by atoms with Gasteiger partial charge in [0.1, 0.15) is 0 Å².